The quantitative estimate of drug-likeness (QED) is 0.922. The number of aryl methyl sites for hydroxylation is 1. The monoisotopic (exact) mass is 319 g/mol. The lowest BCUT2D eigenvalue weighted by Gasteiger charge is -2.06. The topological polar surface area (TPSA) is 56.1 Å². The van der Waals surface area contributed by atoms with Crippen LogP contribution in [-0.2, 0) is 7.05 Å². The van der Waals surface area contributed by atoms with E-state index in [1.807, 2.05) is 19.1 Å². The summed E-state index contributed by atoms with van der Waals surface area (Å²) in [4.78, 5) is 12.2. The fourth-order valence-corrected chi connectivity index (χ4v) is 2.81. The van der Waals surface area contributed by atoms with E-state index in [2.05, 4.69) is 22.5 Å². The van der Waals surface area contributed by atoms with Crippen LogP contribution in [-0.4, -0.2) is 28.3 Å². The maximum absolute atomic E-state index is 12.2. The van der Waals surface area contributed by atoms with Gasteiger partial charge in [-0.3, -0.25) is 9.48 Å². The Morgan fingerprint density at radius 3 is 2.77 bits per heavy atom. The molecule has 0 aliphatic heterocycles. The number of aromatic nitrogens is 2. The second-order valence-corrected chi connectivity index (χ2v) is 5.79. The van der Waals surface area contributed by atoms with Crippen LogP contribution in [0, 0.1) is 0 Å². The standard InChI is InChI=1S/C16H18ClN3O2/c1-3-22-11-6-4-10(5-7-11)12-8-14(12)18-16(21)13-9-20(2)19-15(13)17/h4-7,9,12,14H,3,8H2,1-2H3,(H,18,21)/t12-,14+/m0/s1. The number of benzene rings is 1. The molecular weight excluding hydrogens is 302 g/mol. The molecule has 1 aromatic carbocycles. The average molecular weight is 320 g/mol. The van der Waals surface area contributed by atoms with Crippen molar-refractivity contribution in [1.82, 2.24) is 15.1 Å². The van der Waals surface area contributed by atoms with Crippen molar-refractivity contribution in [2.24, 2.45) is 7.05 Å². The molecule has 0 spiro atoms. The summed E-state index contributed by atoms with van der Waals surface area (Å²) in [5.74, 6) is 1.06. The van der Waals surface area contributed by atoms with E-state index in [1.54, 1.807) is 13.2 Å². The van der Waals surface area contributed by atoms with Crippen molar-refractivity contribution in [2.45, 2.75) is 25.3 Å². The molecule has 1 aliphatic carbocycles. The van der Waals surface area contributed by atoms with Crippen LogP contribution >= 0.6 is 11.6 Å². The van der Waals surface area contributed by atoms with Gasteiger partial charge in [0.2, 0.25) is 0 Å². The number of carbonyl (C=O) groups excluding carboxylic acids is 1. The van der Waals surface area contributed by atoms with Crippen LogP contribution in [0.1, 0.15) is 35.2 Å². The molecule has 1 aromatic heterocycles. The van der Waals surface area contributed by atoms with Gasteiger partial charge in [-0.25, -0.2) is 0 Å². The van der Waals surface area contributed by atoms with Crippen molar-refractivity contribution in [3.8, 4) is 5.75 Å². The van der Waals surface area contributed by atoms with E-state index in [-0.39, 0.29) is 17.1 Å². The van der Waals surface area contributed by atoms with Gasteiger partial charge in [-0.1, -0.05) is 23.7 Å². The third-order valence-corrected chi connectivity index (χ3v) is 4.03. The van der Waals surface area contributed by atoms with Gasteiger partial charge in [0.25, 0.3) is 5.91 Å². The lowest BCUT2D eigenvalue weighted by atomic mass is 10.1. The minimum Gasteiger partial charge on any atom is -0.494 e. The van der Waals surface area contributed by atoms with Crippen LogP contribution in [0.15, 0.2) is 30.5 Å². The van der Waals surface area contributed by atoms with E-state index in [1.165, 1.54) is 10.2 Å². The van der Waals surface area contributed by atoms with Gasteiger partial charge in [-0.15, -0.1) is 0 Å². The van der Waals surface area contributed by atoms with Crippen LogP contribution in [0.5, 0.6) is 5.75 Å². The van der Waals surface area contributed by atoms with Gasteiger partial charge < -0.3 is 10.1 Å². The minimum absolute atomic E-state index is 0.154. The van der Waals surface area contributed by atoms with E-state index in [9.17, 15) is 4.79 Å². The van der Waals surface area contributed by atoms with Gasteiger partial charge in [0, 0.05) is 25.2 Å². The Bertz CT molecular complexity index is 681. The Labute approximate surface area is 134 Å². The zero-order chi connectivity index (χ0) is 15.7. The maximum Gasteiger partial charge on any atom is 0.256 e. The van der Waals surface area contributed by atoms with Gasteiger partial charge in [-0.2, -0.15) is 5.10 Å². The molecule has 0 bridgehead atoms. The van der Waals surface area contributed by atoms with E-state index in [0.29, 0.717) is 18.1 Å². The molecule has 1 saturated carbocycles. The van der Waals surface area contributed by atoms with Crippen molar-refractivity contribution in [3.05, 3.63) is 46.7 Å². The van der Waals surface area contributed by atoms with E-state index < -0.39 is 0 Å². The third-order valence-electron chi connectivity index (χ3n) is 3.75. The number of nitrogens with zero attached hydrogens (tertiary/aromatic N) is 2. The summed E-state index contributed by atoms with van der Waals surface area (Å²) in [7, 11) is 1.74. The van der Waals surface area contributed by atoms with Crippen molar-refractivity contribution < 1.29 is 9.53 Å². The number of nitrogens with one attached hydrogen (secondary N) is 1. The summed E-state index contributed by atoms with van der Waals surface area (Å²) in [6.45, 7) is 2.62. The largest absolute Gasteiger partial charge is 0.494 e. The second kappa shape index (κ2) is 6.01. The molecule has 1 heterocycles. The summed E-state index contributed by atoms with van der Waals surface area (Å²) in [6.07, 6.45) is 2.57. The number of hydrogen-bond acceptors (Lipinski definition) is 3. The van der Waals surface area contributed by atoms with E-state index in [0.717, 1.165) is 12.2 Å². The molecule has 1 aliphatic rings. The molecule has 5 nitrogen and oxygen atoms in total. The molecule has 0 radical (unpaired) electrons. The molecule has 1 N–H and O–H groups in total. The Hall–Kier alpha value is -2.01. The SMILES string of the molecule is CCOc1ccc([C@@H]2C[C@H]2NC(=O)c2cn(C)nc2Cl)cc1. The van der Waals surface area contributed by atoms with Crippen molar-refractivity contribution in [1.29, 1.82) is 0 Å². The van der Waals surface area contributed by atoms with Crippen LogP contribution in [0.25, 0.3) is 0 Å². The highest BCUT2D eigenvalue weighted by atomic mass is 35.5. The number of rotatable bonds is 5. The summed E-state index contributed by atoms with van der Waals surface area (Å²) < 4.78 is 6.97. The van der Waals surface area contributed by atoms with Crippen molar-refractivity contribution >= 4 is 17.5 Å². The number of hydrogen-bond donors (Lipinski definition) is 1. The third kappa shape index (κ3) is 3.09. The van der Waals surface area contributed by atoms with Crippen molar-refractivity contribution in [2.75, 3.05) is 6.61 Å². The number of ether oxygens (including phenoxy) is 1. The van der Waals surface area contributed by atoms with Gasteiger partial charge in [0.1, 0.15) is 5.75 Å². The summed E-state index contributed by atoms with van der Waals surface area (Å²) in [6, 6.07) is 8.20. The summed E-state index contributed by atoms with van der Waals surface area (Å²) in [5.41, 5.74) is 1.63. The Morgan fingerprint density at radius 2 is 2.18 bits per heavy atom. The molecule has 0 unspecified atom stereocenters. The molecule has 1 amide bonds. The highest BCUT2D eigenvalue weighted by Crippen LogP contribution is 2.41. The molecule has 116 valence electrons. The second-order valence-electron chi connectivity index (χ2n) is 5.43. The fraction of sp³-hybridized carbons (Fsp3) is 0.375. The minimum atomic E-state index is -0.170. The first kappa shape index (κ1) is 14.9. The predicted octanol–water partition coefficient (Wildman–Crippen LogP) is 2.76. The molecule has 0 saturated heterocycles. The fourth-order valence-electron chi connectivity index (χ4n) is 2.56. The lowest BCUT2D eigenvalue weighted by Crippen LogP contribution is -2.26. The first-order chi connectivity index (χ1) is 10.6. The van der Waals surface area contributed by atoms with Crippen LogP contribution in [0.2, 0.25) is 5.15 Å². The maximum atomic E-state index is 12.2. The van der Waals surface area contributed by atoms with Gasteiger partial charge in [-0.05, 0) is 31.0 Å². The van der Waals surface area contributed by atoms with E-state index in [4.69, 9.17) is 16.3 Å². The molecule has 1 fully saturated rings. The van der Waals surface area contributed by atoms with Crippen LogP contribution in [0.4, 0.5) is 0 Å². The molecule has 2 atom stereocenters. The lowest BCUT2D eigenvalue weighted by molar-refractivity contribution is 0.0950. The number of halogens is 1. The summed E-state index contributed by atoms with van der Waals surface area (Å²) >= 11 is 5.94. The normalized spacial score (nSPS) is 19.8. The van der Waals surface area contributed by atoms with Crippen LogP contribution < -0.4 is 10.1 Å². The van der Waals surface area contributed by atoms with Gasteiger partial charge in [0.05, 0.1) is 12.2 Å². The Morgan fingerprint density at radius 1 is 1.45 bits per heavy atom. The van der Waals surface area contributed by atoms with Gasteiger partial charge in [0.15, 0.2) is 5.15 Å². The highest BCUT2D eigenvalue weighted by molar-refractivity contribution is 6.32. The average Bonchev–Trinajstić information content (AvgIpc) is 3.16. The van der Waals surface area contributed by atoms with E-state index >= 15 is 0 Å². The van der Waals surface area contributed by atoms with Crippen LogP contribution in [0.3, 0.4) is 0 Å². The zero-order valence-electron chi connectivity index (χ0n) is 12.5. The molecule has 2 aromatic rings. The molecule has 3 rings (SSSR count). The molecular formula is C16H18ClN3O2. The molecule has 22 heavy (non-hydrogen) atoms. The number of amides is 1. The predicted molar refractivity (Wildman–Crippen MR) is 84.4 cm³/mol. The smallest absolute Gasteiger partial charge is 0.256 e. The Kier molecular flexibility index (Phi) is 4.07. The first-order valence-corrected chi connectivity index (χ1v) is 7.69. The zero-order valence-corrected chi connectivity index (χ0v) is 13.3. The number of carbonyl (C=O) groups is 1. The van der Waals surface area contributed by atoms with Gasteiger partial charge >= 0.3 is 0 Å². The van der Waals surface area contributed by atoms with Crippen molar-refractivity contribution in [3.63, 3.8) is 0 Å². The first-order valence-electron chi connectivity index (χ1n) is 7.31. The Balaban J connectivity index is 1.60. The summed E-state index contributed by atoms with van der Waals surface area (Å²) in [5, 5.41) is 7.21. The highest BCUT2D eigenvalue weighted by Gasteiger charge is 2.40. The molecule has 6 heteroatoms.